The minimum atomic E-state index is -0.262. The van der Waals surface area contributed by atoms with Gasteiger partial charge in [0.15, 0.2) is 10.9 Å². The van der Waals surface area contributed by atoms with E-state index in [9.17, 15) is 9.59 Å². The Balaban J connectivity index is 1.41. The van der Waals surface area contributed by atoms with Crippen molar-refractivity contribution in [2.24, 2.45) is 0 Å². The standard InChI is InChI=1S/C28H23N3O3S/c32-26-13-7-8-17-30(26)19-23-14-15-25(34-23)27(33)31(18-16-21-9-3-1-4-10-21)28-29-24(20-35-28)22-11-5-2-6-12-22/h1-15,17,20H,16,18-19H2. The van der Waals surface area contributed by atoms with Gasteiger partial charge in [0.25, 0.3) is 11.5 Å². The Hall–Kier alpha value is -4.23. The largest absolute Gasteiger partial charge is 0.454 e. The lowest BCUT2D eigenvalue weighted by molar-refractivity contribution is 0.0958. The molecular formula is C28H23N3O3S. The van der Waals surface area contributed by atoms with E-state index in [-0.39, 0.29) is 23.8 Å². The smallest absolute Gasteiger partial charge is 0.295 e. The quantitative estimate of drug-likeness (QED) is 0.293. The van der Waals surface area contributed by atoms with Crippen LogP contribution in [0.5, 0.6) is 0 Å². The molecule has 0 aliphatic heterocycles. The van der Waals surface area contributed by atoms with Crippen LogP contribution in [-0.2, 0) is 13.0 Å². The summed E-state index contributed by atoms with van der Waals surface area (Å²) >= 11 is 1.43. The summed E-state index contributed by atoms with van der Waals surface area (Å²) in [6, 6.07) is 28.3. The van der Waals surface area contributed by atoms with Crippen LogP contribution in [0.25, 0.3) is 11.3 Å². The lowest BCUT2D eigenvalue weighted by Crippen LogP contribution is -2.32. The number of furan rings is 1. The van der Waals surface area contributed by atoms with E-state index >= 15 is 0 Å². The van der Waals surface area contributed by atoms with Gasteiger partial charge < -0.3 is 8.98 Å². The topological polar surface area (TPSA) is 68.3 Å². The number of benzene rings is 2. The van der Waals surface area contributed by atoms with Crippen molar-refractivity contribution in [1.82, 2.24) is 9.55 Å². The van der Waals surface area contributed by atoms with E-state index in [2.05, 4.69) is 0 Å². The Morgan fingerprint density at radius 2 is 1.66 bits per heavy atom. The molecule has 174 valence electrons. The third-order valence-electron chi connectivity index (χ3n) is 5.60. The molecule has 0 atom stereocenters. The fraction of sp³-hybridized carbons (Fsp3) is 0.107. The third-order valence-corrected chi connectivity index (χ3v) is 6.47. The number of carbonyl (C=O) groups is 1. The fourth-order valence-corrected chi connectivity index (χ4v) is 4.63. The number of anilines is 1. The normalized spacial score (nSPS) is 10.9. The van der Waals surface area contributed by atoms with Crippen LogP contribution >= 0.6 is 11.3 Å². The zero-order valence-electron chi connectivity index (χ0n) is 18.9. The first-order chi connectivity index (χ1) is 17.2. The molecule has 3 heterocycles. The molecule has 7 heteroatoms. The minimum absolute atomic E-state index is 0.127. The van der Waals surface area contributed by atoms with Crippen LogP contribution in [0.15, 0.2) is 112 Å². The van der Waals surface area contributed by atoms with E-state index in [0.29, 0.717) is 23.9 Å². The van der Waals surface area contributed by atoms with Crippen molar-refractivity contribution in [3.63, 3.8) is 0 Å². The van der Waals surface area contributed by atoms with Gasteiger partial charge in [0.2, 0.25) is 0 Å². The van der Waals surface area contributed by atoms with Crippen LogP contribution in [0.2, 0.25) is 0 Å². The Morgan fingerprint density at radius 3 is 2.43 bits per heavy atom. The van der Waals surface area contributed by atoms with Crippen molar-refractivity contribution < 1.29 is 9.21 Å². The van der Waals surface area contributed by atoms with Crippen molar-refractivity contribution in [2.75, 3.05) is 11.4 Å². The highest BCUT2D eigenvalue weighted by molar-refractivity contribution is 7.14. The molecule has 5 aromatic rings. The highest BCUT2D eigenvalue weighted by atomic mass is 32.1. The zero-order chi connectivity index (χ0) is 24.0. The van der Waals surface area contributed by atoms with Crippen LogP contribution in [0, 0.1) is 0 Å². The van der Waals surface area contributed by atoms with E-state index in [0.717, 1.165) is 16.8 Å². The number of thiazole rings is 1. The number of pyridine rings is 1. The number of aromatic nitrogens is 2. The monoisotopic (exact) mass is 481 g/mol. The Bertz CT molecular complexity index is 1470. The first-order valence-corrected chi connectivity index (χ1v) is 12.2. The number of hydrogen-bond acceptors (Lipinski definition) is 5. The van der Waals surface area contributed by atoms with Crippen molar-refractivity contribution in [3.8, 4) is 11.3 Å². The SMILES string of the molecule is O=C(c1ccc(Cn2ccccc2=O)o1)N(CCc1ccccc1)c1nc(-c2ccccc2)cs1. The van der Waals surface area contributed by atoms with Gasteiger partial charge in [0.1, 0.15) is 5.76 Å². The molecule has 3 aromatic heterocycles. The van der Waals surface area contributed by atoms with Crippen molar-refractivity contribution in [1.29, 1.82) is 0 Å². The Labute approximate surface area is 206 Å². The second-order valence-corrected chi connectivity index (χ2v) is 8.84. The fourth-order valence-electron chi connectivity index (χ4n) is 3.77. The number of hydrogen-bond donors (Lipinski definition) is 0. The first-order valence-electron chi connectivity index (χ1n) is 11.3. The molecule has 6 nitrogen and oxygen atoms in total. The lowest BCUT2D eigenvalue weighted by atomic mass is 10.1. The summed E-state index contributed by atoms with van der Waals surface area (Å²) in [5.41, 5.74) is 2.83. The van der Waals surface area contributed by atoms with Gasteiger partial charge in [-0.1, -0.05) is 66.7 Å². The maximum Gasteiger partial charge on any atom is 0.295 e. The van der Waals surface area contributed by atoms with Gasteiger partial charge in [-0.25, -0.2) is 4.98 Å². The Morgan fingerprint density at radius 1 is 0.914 bits per heavy atom. The molecular weight excluding hydrogens is 458 g/mol. The maximum absolute atomic E-state index is 13.6. The molecule has 0 spiro atoms. The van der Waals surface area contributed by atoms with Crippen LogP contribution in [0.1, 0.15) is 21.9 Å². The molecule has 5 rings (SSSR count). The number of rotatable bonds is 8. The van der Waals surface area contributed by atoms with Crippen LogP contribution in [0.3, 0.4) is 0 Å². The molecule has 0 saturated heterocycles. The van der Waals surface area contributed by atoms with Gasteiger partial charge in [0, 0.05) is 29.8 Å². The Kier molecular flexibility index (Phi) is 6.68. The molecule has 0 bridgehead atoms. The number of amides is 1. The zero-order valence-corrected chi connectivity index (χ0v) is 19.7. The van der Waals surface area contributed by atoms with Gasteiger partial charge >= 0.3 is 0 Å². The second kappa shape index (κ2) is 10.4. The second-order valence-electron chi connectivity index (χ2n) is 8.01. The lowest BCUT2D eigenvalue weighted by Gasteiger charge is -2.19. The highest BCUT2D eigenvalue weighted by Crippen LogP contribution is 2.29. The summed E-state index contributed by atoms with van der Waals surface area (Å²) in [6.07, 6.45) is 2.37. The molecule has 0 N–H and O–H groups in total. The van der Waals surface area contributed by atoms with E-state index in [4.69, 9.17) is 9.40 Å². The molecule has 1 amide bonds. The predicted octanol–water partition coefficient (Wildman–Crippen LogP) is 5.50. The molecule has 2 aromatic carbocycles. The third kappa shape index (κ3) is 5.31. The molecule has 0 unspecified atom stereocenters. The first kappa shape index (κ1) is 22.6. The highest BCUT2D eigenvalue weighted by Gasteiger charge is 2.24. The molecule has 35 heavy (non-hydrogen) atoms. The minimum Gasteiger partial charge on any atom is -0.454 e. The van der Waals surface area contributed by atoms with Crippen LogP contribution in [-0.4, -0.2) is 22.0 Å². The van der Waals surface area contributed by atoms with Gasteiger partial charge in [-0.3, -0.25) is 14.5 Å². The predicted molar refractivity (Wildman–Crippen MR) is 138 cm³/mol. The summed E-state index contributed by atoms with van der Waals surface area (Å²) < 4.78 is 7.41. The maximum atomic E-state index is 13.6. The van der Waals surface area contributed by atoms with E-state index < -0.39 is 0 Å². The molecule has 0 saturated carbocycles. The van der Waals surface area contributed by atoms with E-state index in [1.165, 1.54) is 22.0 Å². The summed E-state index contributed by atoms with van der Waals surface area (Å²) in [6.45, 7) is 0.713. The average Bonchev–Trinajstić information content (AvgIpc) is 3.57. The van der Waals surface area contributed by atoms with Crippen molar-refractivity contribution >= 4 is 22.4 Å². The average molecular weight is 482 g/mol. The van der Waals surface area contributed by atoms with Gasteiger partial charge in [0.05, 0.1) is 12.2 Å². The van der Waals surface area contributed by atoms with E-state index in [1.807, 2.05) is 66.0 Å². The van der Waals surface area contributed by atoms with Crippen LogP contribution < -0.4 is 10.5 Å². The van der Waals surface area contributed by atoms with Crippen LogP contribution in [0.4, 0.5) is 5.13 Å². The number of nitrogens with zero attached hydrogens (tertiary/aromatic N) is 3. The summed E-state index contributed by atoms with van der Waals surface area (Å²) in [5.74, 6) is 0.490. The summed E-state index contributed by atoms with van der Waals surface area (Å²) in [4.78, 5) is 32.0. The molecule has 0 radical (unpaired) electrons. The van der Waals surface area contributed by atoms with Crippen molar-refractivity contribution in [3.05, 3.63) is 130 Å². The van der Waals surface area contributed by atoms with Gasteiger partial charge in [-0.15, -0.1) is 11.3 Å². The number of carbonyl (C=O) groups excluding carboxylic acids is 1. The molecule has 0 aliphatic carbocycles. The van der Waals surface area contributed by atoms with Gasteiger partial charge in [-0.05, 0) is 30.2 Å². The molecule has 0 aliphatic rings. The summed E-state index contributed by atoms with van der Waals surface area (Å²) in [7, 11) is 0. The van der Waals surface area contributed by atoms with Crippen molar-refractivity contribution in [2.45, 2.75) is 13.0 Å². The summed E-state index contributed by atoms with van der Waals surface area (Å²) in [5, 5.41) is 2.57. The van der Waals surface area contributed by atoms with Gasteiger partial charge in [-0.2, -0.15) is 0 Å². The van der Waals surface area contributed by atoms with E-state index in [1.54, 1.807) is 35.4 Å². The molecule has 0 fully saturated rings.